The third-order valence-electron chi connectivity index (χ3n) is 1.86. The number of ether oxygens (including phenoxy) is 1. The molecule has 0 aromatic rings. The zero-order chi connectivity index (χ0) is 10.1. The van der Waals surface area contributed by atoms with Crippen LogP contribution in [0.25, 0.3) is 0 Å². The van der Waals surface area contributed by atoms with Gasteiger partial charge in [0.2, 0.25) is 0 Å². The average Bonchev–Trinajstić information content (AvgIpc) is 2.02. The van der Waals surface area contributed by atoms with Crippen LogP contribution in [-0.4, -0.2) is 23.8 Å². The van der Waals surface area contributed by atoms with E-state index in [2.05, 4.69) is 6.92 Å². The van der Waals surface area contributed by atoms with Crippen LogP contribution < -0.4 is 0 Å². The Kier molecular flexibility index (Phi) is 7.69. The summed E-state index contributed by atoms with van der Waals surface area (Å²) < 4.78 is 5.32. The van der Waals surface area contributed by atoms with Crippen molar-refractivity contribution in [3.63, 3.8) is 0 Å². The molecule has 0 aromatic heterocycles. The summed E-state index contributed by atoms with van der Waals surface area (Å²) >= 11 is 0. The second kappa shape index (κ2) is 8.05. The summed E-state index contributed by atoms with van der Waals surface area (Å²) in [6.07, 6.45) is 4.61. The molecule has 13 heavy (non-hydrogen) atoms. The lowest BCUT2D eigenvalue weighted by Crippen LogP contribution is -2.14. The zero-order valence-corrected chi connectivity index (χ0v) is 8.58. The first kappa shape index (κ1) is 12.4. The van der Waals surface area contributed by atoms with Crippen LogP contribution in [0.1, 0.15) is 46.0 Å². The van der Waals surface area contributed by atoms with Crippen LogP contribution in [-0.2, 0) is 9.53 Å². The zero-order valence-electron chi connectivity index (χ0n) is 8.58. The van der Waals surface area contributed by atoms with E-state index in [1.807, 2.05) is 0 Å². The molecule has 0 bridgehead atoms. The number of aliphatic carboxylic acids is 1. The van der Waals surface area contributed by atoms with Crippen molar-refractivity contribution in [3.05, 3.63) is 0 Å². The van der Waals surface area contributed by atoms with Gasteiger partial charge in [-0.3, -0.25) is 4.79 Å². The third kappa shape index (κ3) is 9.34. The number of carboxylic acids is 1. The summed E-state index contributed by atoms with van der Waals surface area (Å²) in [5.41, 5.74) is 0. The monoisotopic (exact) mass is 188 g/mol. The van der Waals surface area contributed by atoms with Crippen molar-refractivity contribution in [2.24, 2.45) is 0 Å². The Bertz CT molecular complexity index is 134. The molecule has 0 aliphatic carbocycles. The number of hydrogen-bond donors (Lipinski definition) is 1. The van der Waals surface area contributed by atoms with E-state index in [1.165, 1.54) is 19.3 Å². The van der Waals surface area contributed by atoms with E-state index >= 15 is 0 Å². The second-order valence-electron chi connectivity index (χ2n) is 3.34. The Balaban J connectivity index is 3.17. The van der Waals surface area contributed by atoms with Gasteiger partial charge in [0.1, 0.15) is 0 Å². The van der Waals surface area contributed by atoms with Crippen molar-refractivity contribution in [2.45, 2.75) is 52.1 Å². The number of carboxylic acid groups (broad SMARTS) is 1. The van der Waals surface area contributed by atoms with Gasteiger partial charge in [-0.1, -0.05) is 26.2 Å². The summed E-state index contributed by atoms with van der Waals surface area (Å²) in [5.74, 6) is -0.791. The quantitative estimate of drug-likeness (QED) is 0.595. The normalized spacial score (nSPS) is 12.8. The van der Waals surface area contributed by atoms with E-state index < -0.39 is 5.97 Å². The molecule has 3 heteroatoms. The van der Waals surface area contributed by atoms with Crippen LogP contribution in [0.2, 0.25) is 0 Å². The van der Waals surface area contributed by atoms with Crippen molar-refractivity contribution in [2.75, 3.05) is 6.61 Å². The van der Waals surface area contributed by atoms with Crippen molar-refractivity contribution in [3.8, 4) is 0 Å². The summed E-state index contributed by atoms with van der Waals surface area (Å²) in [7, 11) is 0. The van der Waals surface area contributed by atoms with Crippen LogP contribution in [0.3, 0.4) is 0 Å². The summed E-state index contributed by atoms with van der Waals surface area (Å²) in [6.45, 7) is 4.65. The molecule has 0 fully saturated rings. The molecule has 0 aromatic carbocycles. The minimum absolute atomic E-state index is 0.105. The van der Waals surface area contributed by atoms with Gasteiger partial charge in [-0.15, -0.1) is 0 Å². The molecule has 3 nitrogen and oxygen atoms in total. The standard InChI is InChI=1S/C10H20O3/c1-3-4-5-6-7-13-9(2)8-10(11)12/h9H,3-8H2,1-2H3,(H,11,12)/t9-/m0/s1. The highest BCUT2D eigenvalue weighted by Crippen LogP contribution is 2.02. The molecule has 0 rings (SSSR count). The first-order chi connectivity index (χ1) is 6.16. The Hall–Kier alpha value is -0.570. The Morgan fingerprint density at radius 2 is 2.08 bits per heavy atom. The maximum atomic E-state index is 10.3. The topological polar surface area (TPSA) is 46.5 Å². The van der Waals surface area contributed by atoms with Gasteiger partial charge < -0.3 is 9.84 Å². The average molecular weight is 188 g/mol. The number of rotatable bonds is 8. The molecule has 1 atom stereocenters. The molecule has 0 unspecified atom stereocenters. The lowest BCUT2D eigenvalue weighted by Gasteiger charge is -2.09. The Morgan fingerprint density at radius 1 is 1.38 bits per heavy atom. The fourth-order valence-corrected chi connectivity index (χ4v) is 1.12. The molecule has 0 saturated heterocycles. The molecule has 0 amide bonds. The Labute approximate surface area is 80.1 Å². The third-order valence-corrected chi connectivity index (χ3v) is 1.86. The molecule has 78 valence electrons. The van der Waals surface area contributed by atoms with Gasteiger partial charge in [-0.25, -0.2) is 0 Å². The maximum absolute atomic E-state index is 10.3. The lowest BCUT2D eigenvalue weighted by atomic mass is 10.2. The summed E-state index contributed by atoms with van der Waals surface area (Å²) in [4.78, 5) is 10.3. The van der Waals surface area contributed by atoms with Gasteiger partial charge in [-0.05, 0) is 13.3 Å². The van der Waals surface area contributed by atoms with Gasteiger partial charge >= 0.3 is 5.97 Å². The van der Waals surface area contributed by atoms with Gasteiger partial charge in [0.25, 0.3) is 0 Å². The number of carbonyl (C=O) groups is 1. The van der Waals surface area contributed by atoms with Gasteiger partial charge in [0, 0.05) is 6.61 Å². The largest absolute Gasteiger partial charge is 0.481 e. The van der Waals surface area contributed by atoms with E-state index in [0.717, 1.165) is 6.42 Å². The number of unbranched alkanes of at least 4 members (excludes halogenated alkanes) is 3. The molecule has 0 heterocycles. The van der Waals surface area contributed by atoms with Crippen LogP contribution in [0, 0.1) is 0 Å². The fourth-order valence-electron chi connectivity index (χ4n) is 1.12. The fraction of sp³-hybridized carbons (Fsp3) is 0.900. The molecule has 0 spiro atoms. The van der Waals surface area contributed by atoms with Crippen LogP contribution in [0.5, 0.6) is 0 Å². The molecular weight excluding hydrogens is 168 g/mol. The SMILES string of the molecule is CCCCCCO[C@@H](C)CC(=O)O. The van der Waals surface area contributed by atoms with Crippen molar-refractivity contribution >= 4 is 5.97 Å². The molecule has 0 saturated carbocycles. The minimum atomic E-state index is -0.791. The second-order valence-corrected chi connectivity index (χ2v) is 3.34. The predicted molar refractivity (Wildman–Crippen MR) is 51.8 cm³/mol. The van der Waals surface area contributed by atoms with Gasteiger partial charge in [0.05, 0.1) is 12.5 Å². The first-order valence-corrected chi connectivity index (χ1v) is 5.00. The van der Waals surface area contributed by atoms with Crippen LogP contribution in [0.4, 0.5) is 0 Å². The minimum Gasteiger partial charge on any atom is -0.481 e. The van der Waals surface area contributed by atoms with E-state index in [0.29, 0.717) is 6.61 Å². The van der Waals surface area contributed by atoms with Crippen molar-refractivity contribution in [1.29, 1.82) is 0 Å². The van der Waals surface area contributed by atoms with E-state index in [1.54, 1.807) is 6.92 Å². The van der Waals surface area contributed by atoms with Crippen molar-refractivity contribution in [1.82, 2.24) is 0 Å². The highest BCUT2D eigenvalue weighted by molar-refractivity contribution is 5.67. The molecule has 1 N–H and O–H groups in total. The number of hydrogen-bond acceptors (Lipinski definition) is 2. The predicted octanol–water partition coefficient (Wildman–Crippen LogP) is 2.45. The van der Waals surface area contributed by atoms with E-state index in [-0.39, 0.29) is 12.5 Å². The van der Waals surface area contributed by atoms with E-state index in [4.69, 9.17) is 9.84 Å². The summed E-state index contributed by atoms with van der Waals surface area (Å²) in [6, 6.07) is 0. The lowest BCUT2D eigenvalue weighted by molar-refractivity contribution is -0.139. The van der Waals surface area contributed by atoms with Crippen molar-refractivity contribution < 1.29 is 14.6 Å². The first-order valence-electron chi connectivity index (χ1n) is 5.00. The molecule has 0 radical (unpaired) electrons. The molecular formula is C10H20O3. The molecule has 0 aliphatic rings. The van der Waals surface area contributed by atoms with Crippen LogP contribution in [0.15, 0.2) is 0 Å². The summed E-state index contributed by atoms with van der Waals surface area (Å²) in [5, 5.41) is 8.44. The maximum Gasteiger partial charge on any atom is 0.305 e. The Morgan fingerprint density at radius 3 is 2.62 bits per heavy atom. The van der Waals surface area contributed by atoms with Gasteiger partial charge in [-0.2, -0.15) is 0 Å². The highest BCUT2D eigenvalue weighted by atomic mass is 16.5. The highest BCUT2D eigenvalue weighted by Gasteiger charge is 2.06. The smallest absolute Gasteiger partial charge is 0.305 e. The van der Waals surface area contributed by atoms with Gasteiger partial charge in [0.15, 0.2) is 0 Å². The van der Waals surface area contributed by atoms with Crippen LogP contribution >= 0.6 is 0 Å². The molecule has 0 aliphatic heterocycles. The van der Waals surface area contributed by atoms with E-state index in [9.17, 15) is 4.79 Å².